The zero-order valence-corrected chi connectivity index (χ0v) is 7.09. The maximum Gasteiger partial charge on any atom is 0.0561 e. The lowest BCUT2D eigenvalue weighted by Crippen LogP contribution is -1.83. The number of benzene rings is 1. The van der Waals surface area contributed by atoms with Crippen LogP contribution in [-0.2, 0) is 0 Å². The Balaban J connectivity index is 0. The third-order valence-electron chi connectivity index (χ3n) is 0.982. The van der Waals surface area contributed by atoms with Gasteiger partial charge in [-0.15, -0.1) is 0 Å². The summed E-state index contributed by atoms with van der Waals surface area (Å²) in [5.74, 6) is 0. The largest absolute Gasteiger partial charge is 0.279 e. The van der Waals surface area contributed by atoms with E-state index in [0.29, 0.717) is 0 Å². The van der Waals surface area contributed by atoms with E-state index in [1.165, 1.54) is 0 Å². The molecule has 1 aromatic rings. The van der Waals surface area contributed by atoms with E-state index in [2.05, 4.69) is 30.4 Å². The molecule has 1 aromatic carbocycles. The van der Waals surface area contributed by atoms with E-state index in [4.69, 9.17) is 10.5 Å². The monoisotopic (exact) mass is 174 g/mol. The van der Waals surface area contributed by atoms with Crippen LogP contribution in [-0.4, -0.2) is 6.72 Å². The highest BCUT2D eigenvalue weighted by molar-refractivity contribution is 5.43. The van der Waals surface area contributed by atoms with Crippen molar-refractivity contribution in [1.29, 1.82) is 10.5 Å². The molecule has 0 unspecified atom stereocenters. The van der Waals surface area contributed by atoms with Crippen LogP contribution in [0, 0.1) is 23.7 Å². The van der Waals surface area contributed by atoms with E-state index >= 15 is 0 Å². The fourth-order valence-corrected chi connectivity index (χ4v) is 0.604. The van der Waals surface area contributed by atoms with Crippen molar-refractivity contribution in [3.8, 4) is 13.1 Å². The molecule has 0 amide bonds. The molecule has 1 N–H and O–H groups in total. The minimum atomic E-state index is 0.965. The molecule has 1 rings (SSSR count). The van der Waals surface area contributed by atoms with Crippen LogP contribution in [0.3, 0.4) is 0 Å². The molecule has 0 bridgehead atoms. The van der Waals surface area contributed by atoms with E-state index < -0.39 is 0 Å². The van der Waals surface area contributed by atoms with Crippen LogP contribution in [0.5, 0.6) is 0 Å². The van der Waals surface area contributed by atoms with Gasteiger partial charge in [0.05, 0.1) is 5.69 Å². The number of rotatable bonds is 2. The van der Waals surface area contributed by atoms with Gasteiger partial charge in [-0.05, 0) is 12.1 Å². The van der Waals surface area contributed by atoms with Gasteiger partial charge >= 0.3 is 0 Å². The lowest BCUT2D eigenvalue weighted by molar-refractivity contribution is 1.37. The molecule has 0 saturated heterocycles. The van der Waals surface area contributed by atoms with Gasteiger partial charge in [-0.25, -0.2) is 10.5 Å². The summed E-state index contributed by atoms with van der Waals surface area (Å²) in [6, 6.07) is 9.68. The summed E-state index contributed by atoms with van der Waals surface area (Å²) < 4.78 is 0. The molecule has 0 saturated carbocycles. The summed E-state index contributed by atoms with van der Waals surface area (Å²) in [6.07, 6.45) is 0. The first kappa shape index (κ1) is 13.3. The highest BCUT2D eigenvalue weighted by Gasteiger charge is 1.80. The van der Waals surface area contributed by atoms with Gasteiger partial charge in [-0.1, -0.05) is 18.2 Å². The highest BCUT2D eigenvalue weighted by Crippen LogP contribution is 2.03. The van der Waals surface area contributed by atoms with Gasteiger partial charge in [0.15, 0.2) is 0 Å². The Hall–Kier alpha value is -2.33. The molecule has 0 heterocycles. The predicted molar refractivity (Wildman–Crippen MR) is 53.0 cm³/mol. The summed E-state index contributed by atoms with van der Waals surface area (Å²) in [6.45, 7) is 10.3. The number of nitrogens with zero attached hydrogens (tertiary/aromatic N) is 3. The molecule has 4 nitrogen and oxygen atoms in total. The topological polar surface area (TPSA) is 72.0 Å². The molecular formula is C9H10N4. The SMILES string of the molecule is C#N.C#N.C=NNc1ccccc1. The Kier molecular flexibility index (Phi) is 12.6. The fourth-order valence-electron chi connectivity index (χ4n) is 0.604. The third-order valence-corrected chi connectivity index (χ3v) is 0.982. The van der Waals surface area contributed by atoms with Crippen molar-refractivity contribution >= 4 is 12.4 Å². The maximum atomic E-state index is 6.50. The number of para-hydroxylation sites is 1. The van der Waals surface area contributed by atoms with E-state index in [1.54, 1.807) is 0 Å². The van der Waals surface area contributed by atoms with E-state index in [1.807, 2.05) is 30.3 Å². The molecule has 0 spiro atoms. The van der Waals surface area contributed by atoms with Gasteiger partial charge in [0.2, 0.25) is 0 Å². The van der Waals surface area contributed by atoms with Crippen LogP contribution >= 0.6 is 0 Å². The molecule has 0 aliphatic heterocycles. The van der Waals surface area contributed by atoms with Crippen molar-refractivity contribution in [2.24, 2.45) is 5.10 Å². The lowest BCUT2D eigenvalue weighted by Gasteiger charge is -1.94. The van der Waals surface area contributed by atoms with Gasteiger partial charge in [0.1, 0.15) is 0 Å². The first-order chi connectivity index (χ1) is 6.43. The zero-order valence-electron chi connectivity index (χ0n) is 7.09. The van der Waals surface area contributed by atoms with Gasteiger partial charge in [-0.3, -0.25) is 5.43 Å². The number of nitriles is 2. The van der Waals surface area contributed by atoms with Crippen molar-refractivity contribution in [3.05, 3.63) is 30.3 Å². The second kappa shape index (κ2) is 12.4. The molecule has 0 radical (unpaired) electrons. The minimum absolute atomic E-state index is 0.965. The normalized spacial score (nSPS) is 6.15. The molecule has 0 aliphatic rings. The molecule has 66 valence electrons. The minimum Gasteiger partial charge on any atom is -0.279 e. The van der Waals surface area contributed by atoms with Gasteiger partial charge < -0.3 is 0 Å². The van der Waals surface area contributed by atoms with Gasteiger partial charge in [0.25, 0.3) is 0 Å². The summed E-state index contributed by atoms with van der Waals surface area (Å²) in [4.78, 5) is 0. The number of hydrogen-bond donors (Lipinski definition) is 1. The second-order valence-electron chi connectivity index (χ2n) is 1.64. The van der Waals surface area contributed by atoms with Crippen molar-refractivity contribution in [1.82, 2.24) is 0 Å². The Labute approximate surface area is 77.7 Å². The van der Waals surface area contributed by atoms with E-state index in [-0.39, 0.29) is 0 Å². The summed E-state index contributed by atoms with van der Waals surface area (Å²) in [7, 11) is 0. The standard InChI is InChI=1S/C7H8N2.2CHN/c1-8-9-7-5-3-2-4-6-7;2*1-2/h2-6,9H,1H2;2*1H. The Bertz CT molecular complexity index is 244. The Morgan fingerprint density at radius 2 is 1.54 bits per heavy atom. The van der Waals surface area contributed by atoms with Crippen LogP contribution in [0.15, 0.2) is 35.4 Å². The number of nitrogens with one attached hydrogen (secondary N) is 1. The fraction of sp³-hybridized carbons (Fsp3) is 0. The average molecular weight is 174 g/mol. The lowest BCUT2D eigenvalue weighted by atomic mass is 10.3. The van der Waals surface area contributed by atoms with Crippen LogP contribution in [0.25, 0.3) is 0 Å². The van der Waals surface area contributed by atoms with Crippen LogP contribution < -0.4 is 5.43 Å². The van der Waals surface area contributed by atoms with Crippen molar-refractivity contribution in [2.75, 3.05) is 5.43 Å². The predicted octanol–water partition coefficient (Wildman–Crippen LogP) is 1.99. The highest BCUT2D eigenvalue weighted by atomic mass is 15.3. The number of hydrogen-bond acceptors (Lipinski definition) is 4. The quantitative estimate of drug-likeness (QED) is 0.550. The molecule has 0 aromatic heterocycles. The smallest absolute Gasteiger partial charge is 0.0561 e. The molecule has 13 heavy (non-hydrogen) atoms. The van der Waals surface area contributed by atoms with Crippen LogP contribution in [0.1, 0.15) is 0 Å². The molecular weight excluding hydrogens is 164 g/mol. The third kappa shape index (κ3) is 7.57. The molecule has 0 fully saturated rings. The van der Waals surface area contributed by atoms with Crippen molar-refractivity contribution in [3.63, 3.8) is 0 Å². The van der Waals surface area contributed by atoms with E-state index in [9.17, 15) is 0 Å². The first-order valence-corrected chi connectivity index (χ1v) is 3.22. The molecule has 0 aliphatic carbocycles. The van der Waals surface area contributed by atoms with Gasteiger partial charge in [-0.2, -0.15) is 5.10 Å². The Morgan fingerprint density at radius 3 is 1.92 bits per heavy atom. The summed E-state index contributed by atoms with van der Waals surface area (Å²) >= 11 is 0. The second-order valence-corrected chi connectivity index (χ2v) is 1.64. The molecule has 0 atom stereocenters. The van der Waals surface area contributed by atoms with Crippen LogP contribution in [0.2, 0.25) is 0 Å². The van der Waals surface area contributed by atoms with Crippen molar-refractivity contribution < 1.29 is 0 Å². The maximum absolute atomic E-state index is 6.50. The summed E-state index contributed by atoms with van der Waals surface area (Å²) in [5, 5.41) is 16.5. The van der Waals surface area contributed by atoms with Gasteiger partial charge in [0, 0.05) is 19.9 Å². The van der Waals surface area contributed by atoms with E-state index in [0.717, 1.165) is 5.69 Å². The number of hydrazone groups is 1. The zero-order chi connectivity index (χ0) is 10.5. The van der Waals surface area contributed by atoms with Crippen LogP contribution in [0.4, 0.5) is 5.69 Å². The van der Waals surface area contributed by atoms with Crippen molar-refractivity contribution in [2.45, 2.75) is 0 Å². The molecule has 4 heteroatoms. The average Bonchev–Trinajstić information content (AvgIpc) is 2.26. The first-order valence-electron chi connectivity index (χ1n) is 3.22. The summed E-state index contributed by atoms with van der Waals surface area (Å²) in [5.41, 5.74) is 3.69. The number of anilines is 1. The Morgan fingerprint density at radius 1 is 1.08 bits per heavy atom.